The maximum Gasteiger partial charge on any atom is 0.0627 e. The summed E-state index contributed by atoms with van der Waals surface area (Å²) in [5.41, 5.74) is 1.21. The first-order valence-corrected chi connectivity index (χ1v) is 6.15. The van der Waals surface area contributed by atoms with Crippen LogP contribution in [-0.4, -0.2) is 12.6 Å². The number of nitrogens with one attached hydrogen (secondary N) is 1. The van der Waals surface area contributed by atoms with Gasteiger partial charge < -0.3 is 5.32 Å². The Hall–Kier alpha value is -0.240. The van der Waals surface area contributed by atoms with E-state index in [0.29, 0.717) is 17.0 Å². The van der Waals surface area contributed by atoms with Crippen LogP contribution in [0.25, 0.3) is 0 Å². The number of halogens is 2. The van der Waals surface area contributed by atoms with Crippen LogP contribution in [0.5, 0.6) is 0 Å². The minimum atomic E-state index is 0.584. The molecular formula is C12H15Cl2N. The first-order valence-electron chi connectivity index (χ1n) is 5.39. The van der Waals surface area contributed by atoms with E-state index in [2.05, 4.69) is 18.3 Å². The molecule has 0 radical (unpaired) electrons. The highest BCUT2D eigenvalue weighted by molar-refractivity contribution is 6.42. The number of benzene rings is 1. The molecule has 0 spiro atoms. The van der Waals surface area contributed by atoms with Crippen LogP contribution in [0.2, 0.25) is 10.0 Å². The monoisotopic (exact) mass is 243 g/mol. The number of hydrogen-bond acceptors (Lipinski definition) is 1. The maximum absolute atomic E-state index is 6.17. The Morgan fingerprint density at radius 2 is 2.07 bits per heavy atom. The largest absolute Gasteiger partial charge is 0.314 e. The van der Waals surface area contributed by atoms with E-state index in [9.17, 15) is 0 Å². The van der Waals surface area contributed by atoms with Gasteiger partial charge in [0.1, 0.15) is 0 Å². The van der Waals surface area contributed by atoms with Crippen LogP contribution in [0.3, 0.4) is 0 Å². The van der Waals surface area contributed by atoms with Gasteiger partial charge in [-0.1, -0.05) is 42.3 Å². The fourth-order valence-electron chi connectivity index (χ4n) is 2.16. The topological polar surface area (TPSA) is 12.0 Å². The quantitative estimate of drug-likeness (QED) is 0.851. The van der Waals surface area contributed by atoms with Crippen molar-refractivity contribution in [1.82, 2.24) is 5.32 Å². The Balaban J connectivity index is 2.04. The van der Waals surface area contributed by atoms with Gasteiger partial charge >= 0.3 is 0 Å². The fraction of sp³-hybridized carbons (Fsp3) is 0.500. The third-order valence-electron chi connectivity index (χ3n) is 3.05. The molecule has 1 aliphatic carbocycles. The third-order valence-corrected chi connectivity index (χ3v) is 3.89. The summed E-state index contributed by atoms with van der Waals surface area (Å²) in [7, 11) is 0. The molecule has 1 fully saturated rings. The predicted octanol–water partition coefficient (Wildman–Crippen LogP) is 3.85. The average molecular weight is 244 g/mol. The molecule has 15 heavy (non-hydrogen) atoms. The lowest BCUT2D eigenvalue weighted by Crippen LogP contribution is -2.39. The Kier molecular flexibility index (Phi) is 3.55. The van der Waals surface area contributed by atoms with E-state index in [-0.39, 0.29) is 0 Å². The Bertz CT molecular complexity index is 345. The molecule has 0 unspecified atom stereocenters. The van der Waals surface area contributed by atoms with E-state index in [1.165, 1.54) is 18.4 Å². The van der Waals surface area contributed by atoms with Crippen molar-refractivity contribution < 1.29 is 0 Å². The highest BCUT2D eigenvalue weighted by atomic mass is 35.5. The van der Waals surface area contributed by atoms with Gasteiger partial charge in [-0.2, -0.15) is 0 Å². The highest BCUT2D eigenvalue weighted by Crippen LogP contribution is 2.41. The van der Waals surface area contributed by atoms with Crippen LogP contribution >= 0.6 is 23.2 Å². The van der Waals surface area contributed by atoms with Gasteiger partial charge in [-0.05, 0) is 36.9 Å². The highest BCUT2D eigenvalue weighted by Gasteiger charge is 2.31. The summed E-state index contributed by atoms with van der Waals surface area (Å²) in [6, 6.07) is 6.56. The standard InChI is InChI=1S/C12H15Cl2N/c1-2-15-9-6-8(7-9)10-4-3-5-11(13)12(10)14/h3-5,8-9,15H,2,6-7H2,1H3. The minimum absolute atomic E-state index is 0.584. The number of rotatable bonds is 3. The van der Waals surface area contributed by atoms with Crippen LogP contribution < -0.4 is 5.32 Å². The van der Waals surface area contributed by atoms with Crippen molar-refractivity contribution in [3.8, 4) is 0 Å². The van der Waals surface area contributed by atoms with E-state index >= 15 is 0 Å². The van der Waals surface area contributed by atoms with Crippen LogP contribution in [0.1, 0.15) is 31.2 Å². The molecule has 0 aromatic heterocycles. The molecule has 1 saturated carbocycles. The predicted molar refractivity (Wildman–Crippen MR) is 65.9 cm³/mol. The Morgan fingerprint density at radius 1 is 1.33 bits per heavy atom. The molecule has 0 amide bonds. The zero-order chi connectivity index (χ0) is 10.8. The molecule has 1 nitrogen and oxygen atoms in total. The first kappa shape index (κ1) is 11.3. The number of hydrogen-bond donors (Lipinski definition) is 1. The van der Waals surface area contributed by atoms with Crippen molar-refractivity contribution in [2.24, 2.45) is 0 Å². The van der Waals surface area contributed by atoms with Gasteiger partial charge in [0, 0.05) is 6.04 Å². The molecule has 0 aliphatic heterocycles. The zero-order valence-electron chi connectivity index (χ0n) is 8.76. The average Bonchev–Trinajstić information content (AvgIpc) is 2.16. The van der Waals surface area contributed by atoms with Crippen molar-refractivity contribution in [3.63, 3.8) is 0 Å². The summed E-state index contributed by atoms with van der Waals surface area (Å²) >= 11 is 12.2. The van der Waals surface area contributed by atoms with Gasteiger partial charge in [-0.15, -0.1) is 0 Å². The summed E-state index contributed by atoms with van der Waals surface area (Å²) in [5, 5.41) is 4.84. The van der Waals surface area contributed by atoms with E-state index in [4.69, 9.17) is 23.2 Å². The van der Waals surface area contributed by atoms with E-state index < -0.39 is 0 Å². The lowest BCUT2D eigenvalue weighted by molar-refractivity contribution is 0.296. The van der Waals surface area contributed by atoms with Crippen LogP contribution in [0.15, 0.2) is 18.2 Å². The van der Waals surface area contributed by atoms with Crippen molar-refractivity contribution in [2.45, 2.75) is 31.7 Å². The van der Waals surface area contributed by atoms with Crippen LogP contribution in [-0.2, 0) is 0 Å². The SMILES string of the molecule is CCNC1CC(c2cccc(Cl)c2Cl)C1. The summed E-state index contributed by atoms with van der Waals surface area (Å²) in [6.07, 6.45) is 2.35. The van der Waals surface area contributed by atoms with E-state index in [0.717, 1.165) is 11.6 Å². The summed E-state index contributed by atoms with van der Waals surface area (Å²) in [4.78, 5) is 0. The molecule has 1 aromatic carbocycles. The van der Waals surface area contributed by atoms with Crippen LogP contribution in [0.4, 0.5) is 0 Å². The van der Waals surface area contributed by atoms with E-state index in [1.807, 2.05) is 12.1 Å². The maximum atomic E-state index is 6.17. The van der Waals surface area contributed by atoms with Crippen molar-refractivity contribution in [2.75, 3.05) is 6.54 Å². The first-order chi connectivity index (χ1) is 7.22. The van der Waals surface area contributed by atoms with Gasteiger partial charge in [0.25, 0.3) is 0 Å². The molecule has 3 heteroatoms. The second-order valence-corrected chi connectivity index (χ2v) is 4.85. The minimum Gasteiger partial charge on any atom is -0.314 e. The summed E-state index contributed by atoms with van der Waals surface area (Å²) in [5.74, 6) is 0.584. The van der Waals surface area contributed by atoms with Crippen LogP contribution in [0, 0.1) is 0 Å². The molecule has 1 aliphatic rings. The molecule has 1 aromatic rings. The zero-order valence-corrected chi connectivity index (χ0v) is 10.3. The van der Waals surface area contributed by atoms with E-state index in [1.54, 1.807) is 0 Å². The van der Waals surface area contributed by atoms with Crippen molar-refractivity contribution in [1.29, 1.82) is 0 Å². The molecule has 1 N–H and O–H groups in total. The lowest BCUT2D eigenvalue weighted by Gasteiger charge is -2.36. The molecular weight excluding hydrogens is 229 g/mol. The molecule has 2 rings (SSSR count). The van der Waals surface area contributed by atoms with Gasteiger partial charge in [0.15, 0.2) is 0 Å². The molecule has 0 saturated heterocycles. The lowest BCUT2D eigenvalue weighted by atomic mass is 9.76. The van der Waals surface area contributed by atoms with Crippen molar-refractivity contribution in [3.05, 3.63) is 33.8 Å². The summed E-state index contributed by atoms with van der Waals surface area (Å²) in [6.45, 7) is 3.18. The summed E-state index contributed by atoms with van der Waals surface area (Å²) < 4.78 is 0. The second-order valence-electron chi connectivity index (χ2n) is 4.07. The van der Waals surface area contributed by atoms with Gasteiger partial charge in [0.05, 0.1) is 10.0 Å². The van der Waals surface area contributed by atoms with Crippen molar-refractivity contribution >= 4 is 23.2 Å². The van der Waals surface area contributed by atoms with Gasteiger partial charge in [-0.3, -0.25) is 0 Å². The Labute approximate surface area is 101 Å². The second kappa shape index (κ2) is 4.73. The molecule has 82 valence electrons. The smallest absolute Gasteiger partial charge is 0.0627 e. The van der Waals surface area contributed by atoms with Gasteiger partial charge in [0.2, 0.25) is 0 Å². The fourth-order valence-corrected chi connectivity index (χ4v) is 2.63. The molecule has 0 heterocycles. The normalized spacial score (nSPS) is 25.0. The third kappa shape index (κ3) is 2.30. The Morgan fingerprint density at radius 3 is 2.73 bits per heavy atom. The van der Waals surface area contributed by atoms with Gasteiger partial charge in [-0.25, -0.2) is 0 Å². The molecule has 0 bridgehead atoms. The molecule has 0 atom stereocenters.